The van der Waals surface area contributed by atoms with Crippen molar-refractivity contribution in [3.05, 3.63) is 59.9 Å². The molecule has 1 aromatic carbocycles. The van der Waals surface area contributed by atoms with Crippen LogP contribution < -0.4 is 4.74 Å². The van der Waals surface area contributed by atoms with E-state index in [1.54, 1.807) is 24.5 Å². The van der Waals surface area contributed by atoms with Gasteiger partial charge in [0.25, 0.3) is 0 Å². The predicted octanol–water partition coefficient (Wildman–Crippen LogP) is 3.38. The molecule has 4 nitrogen and oxygen atoms in total. The predicted molar refractivity (Wildman–Crippen MR) is 86.2 cm³/mol. The van der Waals surface area contributed by atoms with Gasteiger partial charge >= 0.3 is 6.18 Å². The van der Waals surface area contributed by atoms with Crippen LogP contribution in [-0.2, 0) is 17.5 Å². The number of halogens is 3. The van der Waals surface area contributed by atoms with E-state index in [-0.39, 0.29) is 6.10 Å². The summed E-state index contributed by atoms with van der Waals surface area (Å²) in [6, 6.07) is 9.03. The molecule has 0 amide bonds. The summed E-state index contributed by atoms with van der Waals surface area (Å²) in [5.74, 6) is 0.650. The van der Waals surface area contributed by atoms with Crippen LogP contribution in [0.15, 0.2) is 48.8 Å². The fourth-order valence-electron chi connectivity index (χ4n) is 2.77. The zero-order chi connectivity index (χ0) is 17.7. The van der Waals surface area contributed by atoms with Crippen LogP contribution in [0.3, 0.4) is 0 Å². The molecule has 0 unspecified atom stereocenters. The van der Waals surface area contributed by atoms with Crippen LogP contribution in [0.1, 0.15) is 11.1 Å². The van der Waals surface area contributed by atoms with Crippen molar-refractivity contribution >= 4 is 0 Å². The van der Waals surface area contributed by atoms with Gasteiger partial charge in [0, 0.05) is 25.8 Å². The molecular formula is C18H19F3N2O2. The average molecular weight is 352 g/mol. The molecule has 0 spiro atoms. The topological polar surface area (TPSA) is 34.6 Å². The molecular weight excluding hydrogens is 333 g/mol. The van der Waals surface area contributed by atoms with E-state index in [4.69, 9.17) is 9.47 Å². The number of alkyl halides is 3. The van der Waals surface area contributed by atoms with Gasteiger partial charge in [-0.05, 0) is 23.8 Å². The lowest BCUT2D eigenvalue weighted by Crippen LogP contribution is -2.35. The van der Waals surface area contributed by atoms with Crippen LogP contribution in [0, 0.1) is 0 Å². The fraction of sp³-hybridized carbons (Fsp3) is 0.389. The number of aromatic nitrogens is 1. The average Bonchev–Trinajstić information content (AvgIpc) is 2.80. The lowest BCUT2D eigenvalue weighted by Gasteiger charge is -2.24. The molecule has 1 aliphatic rings. The van der Waals surface area contributed by atoms with Crippen molar-refractivity contribution in [1.82, 2.24) is 9.88 Å². The van der Waals surface area contributed by atoms with E-state index in [0.29, 0.717) is 44.2 Å². The van der Waals surface area contributed by atoms with Crippen molar-refractivity contribution in [2.24, 2.45) is 0 Å². The highest BCUT2D eigenvalue weighted by molar-refractivity contribution is 5.25. The first-order valence-electron chi connectivity index (χ1n) is 8.03. The van der Waals surface area contributed by atoms with Crippen molar-refractivity contribution in [1.29, 1.82) is 0 Å². The van der Waals surface area contributed by atoms with E-state index in [1.165, 1.54) is 12.1 Å². The minimum atomic E-state index is -4.33. The Hall–Kier alpha value is -2.12. The lowest BCUT2D eigenvalue weighted by molar-refractivity contribution is -0.137. The maximum absolute atomic E-state index is 12.9. The third-order valence-electron chi connectivity index (χ3n) is 3.92. The van der Waals surface area contributed by atoms with Crippen molar-refractivity contribution < 1.29 is 22.6 Å². The number of benzene rings is 1. The maximum Gasteiger partial charge on any atom is 0.416 e. The molecule has 0 saturated carbocycles. The molecule has 0 aliphatic carbocycles. The van der Waals surface area contributed by atoms with Crippen molar-refractivity contribution in [2.75, 3.05) is 26.3 Å². The zero-order valence-electron chi connectivity index (χ0n) is 13.6. The van der Waals surface area contributed by atoms with E-state index >= 15 is 0 Å². The second kappa shape index (κ2) is 7.84. The van der Waals surface area contributed by atoms with E-state index < -0.39 is 11.7 Å². The molecule has 7 heteroatoms. The Morgan fingerprint density at radius 3 is 2.88 bits per heavy atom. The Morgan fingerprint density at radius 2 is 2.12 bits per heavy atom. The van der Waals surface area contributed by atoms with Gasteiger partial charge in [0.05, 0.1) is 25.0 Å². The number of nitrogens with zero attached hydrogens (tertiary/aromatic N) is 2. The van der Waals surface area contributed by atoms with Gasteiger partial charge in [-0.2, -0.15) is 13.2 Å². The third kappa shape index (κ3) is 5.17. The summed E-state index contributed by atoms with van der Waals surface area (Å²) in [5, 5.41) is 0. The van der Waals surface area contributed by atoms with Crippen LogP contribution in [0.4, 0.5) is 13.2 Å². The van der Waals surface area contributed by atoms with Crippen LogP contribution in [-0.4, -0.2) is 42.3 Å². The standard InChI is InChI=1S/C18H19F3N2O2/c19-18(20,21)15-4-1-3-14(9-15)11-23-7-8-24-13-17(12-23)25-16-5-2-6-22-10-16/h1-6,9-10,17H,7-8,11-13H2/t17-/m1/s1. The smallest absolute Gasteiger partial charge is 0.416 e. The van der Waals surface area contributed by atoms with Crippen LogP contribution in [0.5, 0.6) is 5.75 Å². The molecule has 1 aromatic heterocycles. The van der Waals surface area contributed by atoms with Gasteiger partial charge in [0.2, 0.25) is 0 Å². The monoisotopic (exact) mass is 352 g/mol. The molecule has 1 atom stereocenters. The summed E-state index contributed by atoms with van der Waals surface area (Å²) in [5.41, 5.74) is -0.00363. The highest BCUT2D eigenvalue weighted by Crippen LogP contribution is 2.29. The molecule has 0 N–H and O–H groups in total. The van der Waals surface area contributed by atoms with Crippen molar-refractivity contribution in [2.45, 2.75) is 18.8 Å². The molecule has 25 heavy (non-hydrogen) atoms. The van der Waals surface area contributed by atoms with Gasteiger partial charge in [-0.1, -0.05) is 18.2 Å². The highest BCUT2D eigenvalue weighted by Gasteiger charge is 2.30. The second-order valence-corrected chi connectivity index (χ2v) is 5.94. The van der Waals surface area contributed by atoms with E-state index in [0.717, 1.165) is 6.07 Å². The van der Waals surface area contributed by atoms with Gasteiger partial charge in [-0.3, -0.25) is 9.88 Å². The first-order chi connectivity index (χ1) is 12.0. The van der Waals surface area contributed by atoms with Gasteiger partial charge in [-0.25, -0.2) is 0 Å². The number of pyridine rings is 1. The minimum absolute atomic E-state index is 0.197. The first-order valence-corrected chi connectivity index (χ1v) is 8.03. The van der Waals surface area contributed by atoms with Gasteiger partial charge < -0.3 is 9.47 Å². The molecule has 134 valence electrons. The van der Waals surface area contributed by atoms with E-state index in [9.17, 15) is 13.2 Å². The number of hydrogen-bond acceptors (Lipinski definition) is 4. The number of ether oxygens (including phenoxy) is 2. The molecule has 1 fully saturated rings. The molecule has 1 aliphatic heterocycles. The van der Waals surface area contributed by atoms with E-state index in [2.05, 4.69) is 4.98 Å². The molecule has 0 radical (unpaired) electrons. The third-order valence-corrected chi connectivity index (χ3v) is 3.92. The largest absolute Gasteiger partial charge is 0.485 e. The molecule has 0 bridgehead atoms. The summed E-state index contributed by atoms with van der Waals surface area (Å²) in [7, 11) is 0. The quantitative estimate of drug-likeness (QED) is 0.845. The Kier molecular flexibility index (Phi) is 5.55. The summed E-state index contributed by atoms with van der Waals surface area (Å²) < 4.78 is 50.0. The Bertz CT molecular complexity index is 680. The van der Waals surface area contributed by atoms with Gasteiger partial charge in [0.15, 0.2) is 0 Å². The fourth-order valence-corrected chi connectivity index (χ4v) is 2.77. The number of hydrogen-bond donors (Lipinski definition) is 0. The zero-order valence-corrected chi connectivity index (χ0v) is 13.6. The van der Waals surface area contributed by atoms with Crippen LogP contribution in [0.2, 0.25) is 0 Å². The normalized spacial score (nSPS) is 19.4. The molecule has 2 heterocycles. The SMILES string of the molecule is FC(F)(F)c1cccc(CN2CCOC[C@H](Oc3cccnc3)C2)c1. The van der Waals surface area contributed by atoms with Gasteiger partial charge in [0.1, 0.15) is 11.9 Å². The maximum atomic E-state index is 12.9. The second-order valence-electron chi connectivity index (χ2n) is 5.94. The van der Waals surface area contributed by atoms with Crippen LogP contribution >= 0.6 is 0 Å². The van der Waals surface area contributed by atoms with Crippen molar-refractivity contribution in [3.8, 4) is 5.75 Å². The van der Waals surface area contributed by atoms with Gasteiger partial charge in [-0.15, -0.1) is 0 Å². The highest BCUT2D eigenvalue weighted by atomic mass is 19.4. The molecule has 2 aromatic rings. The van der Waals surface area contributed by atoms with Crippen LogP contribution in [0.25, 0.3) is 0 Å². The number of rotatable bonds is 4. The molecule has 3 rings (SSSR count). The van der Waals surface area contributed by atoms with Crippen molar-refractivity contribution in [3.63, 3.8) is 0 Å². The summed E-state index contributed by atoms with van der Waals surface area (Å²) in [6.07, 6.45) is -1.24. The molecule has 1 saturated heterocycles. The Morgan fingerprint density at radius 1 is 1.24 bits per heavy atom. The summed E-state index contributed by atoms with van der Waals surface area (Å²) in [6.45, 7) is 2.59. The summed E-state index contributed by atoms with van der Waals surface area (Å²) in [4.78, 5) is 6.05. The minimum Gasteiger partial charge on any atom is -0.485 e. The first kappa shape index (κ1) is 17.7. The summed E-state index contributed by atoms with van der Waals surface area (Å²) >= 11 is 0. The van der Waals surface area contributed by atoms with E-state index in [1.807, 2.05) is 11.0 Å². The lowest BCUT2D eigenvalue weighted by atomic mass is 10.1. The Balaban J connectivity index is 1.65. The Labute approximate surface area is 144 Å².